The van der Waals surface area contributed by atoms with Crippen LogP contribution in [0.4, 0.5) is 4.79 Å². The Balaban J connectivity index is 1.81. The monoisotopic (exact) mass is 495 g/mol. The first-order valence-electron chi connectivity index (χ1n) is 11.7. The summed E-state index contributed by atoms with van der Waals surface area (Å²) in [6, 6.07) is 16.4. The van der Waals surface area contributed by atoms with E-state index < -0.39 is 36.3 Å². The number of aromatic nitrogens is 2. The largest absolute Gasteiger partial charge is 0.465 e. The average molecular weight is 496 g/mol. The minimum Gasteiger partial charge on any atom is -0.465 e. The van der Waals surface area contributed by atoms with Crippen molar-refractivity contribution in [3.63, 3.8) is 0 Å². The molecule has 0 spiro atoms. The van der Waals surface area contributed by atoms with Crippen LogP contribution in [0.3, 0.4) is 0 Å². The van der Waals surface area contributed by atoms with Gasteiger partial charge in [-0.3, -0.25) is 4.79 Å². The molecule has 0 bridgehead atoms. The van der Waals surface area contributed by atoms with Crippen LogP contribution < -0.4 is 10.6 Å². The molecule has 6 N–H and O–H groups in total. The molecule has 1 heterocycles. The zero-order valence-electron chi connectivity index (χ0n) is 20.3. The van der Waals surface area contributed by atoms with Gasteiger partial charge in [0, 0.05) is 0 Å². The Kier molecular flexibility index (Phi) is 9.57. The number of rotatable bonds is 12. The molecule has 192 valence electrons. The third kappa shape index (κ3) is 7.91. The number of aromatic amines is 1. The van der Waals surface area contributed by atoms with E-state index in [0.717, 1.165) is 11.1 Å². The fourth-order valence-corrected chi connectivity index (χ4v) is 3.99. The third-order valence-corrected chi connectivity index (χ3v) is 5.74. The summed E-state index contributed by atoms with van der Waals surface area (Å²) in [5, 5.41) is 36.7. The zero-order valence-corrected chi connectivity index (χ0v) is 20.3. The van der Waals surface area contributed by atoms with Crippen molar-refractivity contribution in [2.24, 2.45) is 0 Å². The standard InChI is InChI=1S/C26H33N5O5/c1-31(2)16-22-27-15-21(28-22)25(34)29-19(13-17-9-5-3-6-10-17)23(32)24(33)20(30-26(35)36)14-18-11-7-4-8-12-18/h3-12,15,19-20,23-24,30,32-33H,13-14,16H2,1-2H3,(H,27,28)(H,29,34)(H,35,36). The minimum atomic E-state index is -1.50. The van der Waals surface area contributed by atoms with E-state index in [2.05, 4.69) is 20.6 Å². The molecule has 4 unspecified atom stereocenters. The fraction of sp³-hybridized carbons (Fsp3) is 0.346. The van der Waals surface area contributed by atoms with Crippen LogP contribution in [0.5, 0.6) is 0 Å². The molecule has 10 nitrogen and oxygen atoms in total. The van der Waals surface area contributed by atoms with Crippen LogP contribution in [0, 0.1) is 0 Å². The molecule has 0 aliphatic heterocycles. The molecule has 0 aliphatic carbocycles. The van der Waals surface area contributed by atoms with E-state index in [-0.39, 0.29) is 18.5 Å². The number of nitrogens with one attached hydrogen (secondary N) is 3. The maximum absolute atomic E-state index is 13.0. The Hall–Kier alpha value is -3.73. The molecule has 0 saturated heterocycles. The van der Waals surface area contributed by atoms with Gasteiger partial charge in [0.2, 0.25) is 0 Å². The molecule has 4 atom stereocenters. The van der Waals surface area contributed by atoms with Crippen LogP contribution >= 0.6 is 0 Å². The number of imidazole rings is 1. The highest BCUT2D eigenvalue weighted by Crippen LogP contribution is 2.15. The predicted molar refractivity (Wildman–Crippen MR) is 134 cm³/mol. The topological polar surface area (TPSA) is 151 Å². The summed E-state index contributed by atoms with van der Waals surface area (Å²) in [6.07, 6.45) is -2.50. The van der Waals surface area contributed by atoms with Crippen molar-refractivity contribution >= 4 is 12.0 Å². The van der Waals surface area contributed by atoms with Gasteiger partial charge >= 0.3 is 6.09 Å². The second-order valence-corrected chi connectivity index (χ2v) is 8.98. The molecular formula is C26H33N5O5. The summed E-state index contributed by atoms with van der Waals surface area (Å²) in [6.45, 7) is 0.518. The smallest absolute Gasteiger partial charge is 0.404 e. The maximum atomic E-state index is 13.0. The summed E-state index contributed by atoms with van der Waals surface area (Å²) < 4.78 is 0. The molecular weight excluding hydrogens is 462 g/mol. The highest BCUT2D eigenvalue weighted by molar-refractivity contribution is 5.92. The Morgan fingerprint density at radius 1 is 0.889 bits per heavy atom. The van der Waals surface area contributed by atoms with E-state index in [1.807, 2.05) is 79.7 Å². The van der Waals surface area contributed by atoms with Gasteiger partial charge in [-0.2, -0.15) is 0 Å². The third-order valence-electron chi connectivity index (χ3n) is 5.74. The molecule has 2 aromatic carbocycles. The quantitative estimate of drug-likeness (QED) is 0.222. The van der Waals surface area contributed by atoms with Gasteiger partial charge in [-0.05, 0) is 38.1 Å². The van der Waals surface area contributed by atoms with Crippen LogP contribution in [-0.4, -0.2) is 80.6 Å². The van der Waals surface area contributed by atoms with Crippen molar-refractivity contribution in [2.45, 2.75) is 43.7 Å². The lowest BCUT2D eigenvalue weighted by Crippen LogP contribution is -2.57. The molecule has 0 saturated carbocycles. The second kappa shape index (κ2) is 12.8. The Morgan fingerprint density at radius 2 is 1.39 bits per heavy atom. The van der Waals surface area contributed by atoms with Gasteiger partial charge in [-0.1, -0.05) is 60.7 Å². The van der Waals surface area contributed by atoms with Crippen LogP contribution in [-0.2, 0) is 19.4 Å². The number of hydrogen-bond acceptors (Lipinski definition) is 6. The Morgan fingerprint density at radius 3 is 1.86 bits per heavy atom. The summed E-state index contributed by atoms with van der Waals surface area (Å²) in [5.74, 6) is 0.115. The summed E-state index contributed by atoms with van der Waals surface area (Å²) in [7, 11) is 3.76. The number of benzene rings is 2. The predicted octanol–water partition coefficient (Wildman–Crippen LogP) is 1.41. The summed E-state index contributed by atoms with van der Waals surface area (Å²) >= 11 is 0. The molecule has 0 aliphatic rings. The molecule has 2 amide bonds. The number of aliphatic hydroxyl groups is 2. The summed E-state index contributed by atoms with van der Waals surface area (Å²) in [5.41, 5.74) is 1.84. The second-order valence-electron chi connectivity index (χ2n) is 8.98. The van der Waals surface area contributed by atoms with E-state index >= 15 is 0 Å². The lowest BCUT2D eigenvalue weighted by atomic mass is 9.91. The number of hydrogen-bond donors (Lipinski definition) is 6. The highest BCUT2D eigenvalue weighted by atomic mass is 16.4. The molecule has 36 heavy (non-hydrogen) atoms. The number of aliphatic hydroxyl groups excluding tert-OH is 2. The number of carbonyl (C=O) groups is 2. The number of amides is 2. The van der Waals surface area contributed by atoms with E-state index in [1.54, 1.807) is 0 Å². The van der Waals surface area contributed by atoms with Crippen molar-refractivity contribution in [1.29, 1.82) is 0 Å². The van der Waals surface area contributed by atoms with Gasteiger partial charge in [0.15, 0.2) is 0 Å². The molecule has 0 radical (unpaired) electrons. The van der Waals surface area contributed by atoms with Gasteiger partial charge in [0.25, 0.3) is 5.91 Å². The van der Waals surface area contributed by atoms with E-state index in [9.17, 15) is 24.9 Å². The van der Waals surface area contributed by atoms with Gasteiger partial charge in [0.05, 0.1) is 24.8 Å². The first-order valence-corrected chi connectivity index (χ1v) is 11.7. The molecule has 3 aromatic rings. The van der Waals surface area contributed by atoms with E-state index in [0.29, 0.717) is 12.4 Å². The minimum absolute atomic E-state index is 0.159. The molecule has 0 fully saturated rings. The lowest BCUT2D eigenvalue weighted by Gasteiger charge is -2.32. The van der Waals surface area contributed by atoms with Crippen molar-refractivity contribution in [2.75, 3.05) is 14.1 Å². The molecule has 10 heteroatoms. The van der Waals surface area contributed by atoms with Crippen LogP contribution in [0.25, 0.3) is 0 Å². The first-order chi connectivity index (χ1) is 17.2. The van der Waals surface area contributed by atoms with Crippen LogP contribution in [0.1, 0.15) is 27.4 Å². The van der Waals surface area contributed by atoms with Crippen molar-refractivity contribution < 1.29 is 24.9 Å². The number of nitrogens with zero attached hydrogens (tertiary/aromatic N) is 2. The highest BCUT2D eigenvalue weighted by Gasteiger charge is 2.34. The van der Waals surface area contributed by atoms with Gasteiger partial charge in [0.1, 0.15) is 23.7 Å². The van der Waals surface area contributed by atoms with Crippen LogP contribution in [0.15, 0.2) is 66.9 Å². The number of H-pyrrole nitrogens is 1. The van der Waals surface area contributed by atoms with Crippen molar-refractivity contribution in [3.05, 3.63) is 89.5 Å². The van der Waals surface area contributed by atoms with Crippen LogP contribution in [0.2, 0.25) is 0 Å². The average Bonchev–Trinajstić information content (AvgIpc) is 3.31. The van der Waals surface area contributed by atoms with Gasteiger partial charge in [-0.25, -0.2) is 9.78 Å². The maximum Gasteiger partial charge on any atom is 0.404 e. The molecule has 1 aromatic heterocycles. The number of carbonyl (C=O) groups excluding carboxylic acids is 1. The SMILES string of the molecule is CN(C)Cc1ncc(C(=O)NC(Cc2ccccc2)C(O)C(O)C(Cc2ccccc2)NC(=O)O)[nH]1. The van der Waals surface area contributed by atoms with Crippen molar-refractivity contribution in [3.8, 4) is 0 Å². The Bertz CT molecular complexity index is 1110. The molecule has 3 rings (SSSR count). The normalized spacial score (nSPS) is 14.6. The lowest BCUT2D eigenvalue weighted by molar-refractivity contribution is -0.0220. The van der Waals surface area contributed by atoms with E-state index in [4.69, 9.17) is 0 Å². The van der Waals surface area contributed by atoms with E-state index in [1.165, 1.54) is 6.20 Å². The fourth-order valence-electron chi connectivity index (χ4n) is 3.99. The number of carboxylic acid groups (broad SMARTS) is 1. The zero-order chi connectivity index (χ0) is 26.1. The first kappa shape index (κ1) is 26.9. The summed E-state index contributed by atoms with van der Waals surface area (Å²) in [4.78, 5) is 33.5. The Labute approximate surface area is 210 Å². The van der Waals surface area contributed by atoms with Gasteiger partial charge < -0.3 is 35.8 Å². The van der Waals surface area contributed by atoms with Crippen molar-refractivity contribution in [1.82, 2.24) is 25.5 Å². The van der Waals surface area contributed by atoms with Gasteiger partial charge in [-0.15, -0.1) is 0 Å².